The number of amides is 1. The first kappa shape index (κ1) is 16.8. The number of rotatable bonds is 4. The van der Waals surface area contributed by atoms with Crippen LogP contribution in [0.4, 0.5) is 5.69 Å². The molecule has 1 N–H and O–H groups in total. The Morgan fingerprint density at radius 3 is 2.88 bits per heavy atom. The van der Waals surface area contributed by atoms with Gasteiger partial charge in [0.05, 0.1) is 18.1 Å². The summed E-state index contributed by atoms with van der Waals surface area (Å²) in [6.45, 7) is 2.06. The van der Waals surface area contributed by atoms with Gasteiger partial charge in [-0.1, -0.05) is 18.2 Å². The predicted molar refractivity (Wildman–Crippen MR) is 91.3 cm³/mol. The number of methoxy groups -OCH3 is 1. The maximum atomic E-state index is 12.5. The second kappa shape index (κ2) is 6.80. The predicted octanol–water partition coefficient (Wildman–Crippen LogP) is 2.65. The number of nitro groups is 1. The Morgan fingerprint density at radius 1 is 1.36 bits per heavy atom. The van der Waals surface area contributed by atoms with Crippen molar-refractivity contribution in [3.63, 3.8) is 0 Å². The third-order valence-corrected chi connectivity index (χ3v) is 4.10. The zero-order chi connectivity index (χ0) is 18.0. The van der Waals surface area contributed by atoms with Crippen molar-refractivity contribution < 1.29 is 19.2 Å². The van der Waals surface area contributed by atoms with E-state index in [1.54, 1.807) is 20.1 Å². The van der Waals surface area contributed by atoms with Crippen molar-refractivity contribution in [1.29, 1.82) is 0 Å². The van der Waals surface area contributed by atoms with E-state index in [4.69, 9.17) is 9.47 Å². The van der Waals surface area contributed by atoms with Gasteiger partial charge in [-0.15, -0.1) is 0 Å². The fourth-order valence-corrected chi connectivity index (χ4v) is 2.90. The van der Waals surface area contributed by atoms with Crippen LogP contribution in [0.1, 0.15) is 21.5 Å². The number of carbonyl (C=O) groups excluding carboxylic acids is 1. The molecule has 1 heterocycles. The Kier molecular flexibility index (Phi) is 4.56. The van der Waals surface area contributed by atoms with E-state index in [-0.39, 0.29) is 23.9 Å². The molecule has 1 atom stereocenters. The summed E-state index contributed by atoms with van der Waals surface area (Å²) >= 11 is 0. The topological polar surface area (TPSA) is 90.7 Å². The number of nitrogens with one attached hydrogen (secondary N) is 1. The van der Waals surface area contributed by atoms with Crippen LogP contribution >= 0.6 is 0 Å². The van der Waals surface area contributed by atoms with Gasteiger partial charge < -0.3 is 14.8 Å². The Hall–Kier alpha value is -3.09. The summed E-state index contributed by atoms with van der Waals surface area (Å²) in [6, 6.07) is 9.79. The van der Waals surface area contributed by atoms with E-state index in [0.717, 1.165) is 11.1 Å². The summed E-state index contributed by atoms with van der Waals surface area (Å²) in [4.78, 5) is 23.1. The van der Waals surface area contributed by atoms with Crippen molar-refractivity contribution in [2.45, 2.75) is 19.4 Å². The molecule has 1 unspecified atom stereocenters. The molecule has 0 fully saturated rings. The minimum atomic E-state index is -0.550. The molecule has 0 bridgehead atoms. The molecule has 0 aliphatic carbocycles. The fourth-order valence-electron chi connectivity index (χ4n) is 2.90. The van der Waals surface area contributed by atoms with E-state index in [1.165, 1.54) is 12.1 Å². The summed E-state index contributed by atoms with van der Waals surface area (Å²) in [7, 11) is 1.57. The molecule has 1 amide bonds. The van der Waals surface area contributed by atoms with Crippen molar-refractivity contribution in [3.8, 4) is 11.5 Å². The number of hydrogen-bond donors (Lipinski definition) is 1. The summed E-state index contributed by atoms with van der Waals surface area (Å²) in [5.74, 6) is 0.851. The second-order valence-corrected chi connectivity index (χ2v) is 5.91. The maximum absolute atomic E-state index is 12.5. The molecule has 25 heavy (non-hydrogen) atoms. The highest BCUT2D eigenvalue weighted by Crippen LogP contribution is 2.34. The van der Waals surface area contributed by atoms with Gasteiger partial charge in [-0.2, -0.15) is 0 Å². The van der Waals surface area contributed by atoms with E-state index in [9.17, 15) is 14.9 Å². The van der Waals surface area contributed by atoms with Crippen LogP contribution in [0.3, 0.4) is 0 Å². The third-order valence-electron chi connectivity index (χ3n) is 4.10. The third kappa shape index (κ3) is 3.40. The first-order valence-corrected chi connectivity index (χ1v) is 7.84. The number of para-hydroxylation sites is 1. The first-order chi connectivity index (χ1) is 12.0. The van der Waals surface area contributed by atoms with Gasteiger partial charge in [0.15, 0.2) is 11.5 Å². The van der Waals surface area contributed by atoms with Gasteiger partial charge in [0.2, 0.25) is 0 Å². The van der Waals surface area contributed by atoms with Crippen LogP contribution < -0.4 is 14.8 Å². The number of hydrogen-bond acceptors (Lipinski definition) is 5. The Balaban J connectivity index is 1.79. The lowest BCUT2D eigenvalue weighted by atomic mass is 10.0. The molecule has 0 spiro atoms. The summed E-state index contributed by atoms with van der Waals surface area (Å²) in [6.07, 6.45) is 0.567. The molecule has 1 aliphatic rings. The van der Waals surface area contributed by atoms with Crippen LogP contribution in [0.5, 0.6) is 11.5 Å². The fraction of sp³-hybridized carbons (Fsp3) is 0.278. The molecule has 0 saturated carbocycles. The highest BCUT2D eigenvalue weighted by atomic mass is 16.6. The molecule has 1 aliphatic heterocycles. The van der Waals surface area contributed by atoms with Crippen LogP contribution in [0.2, 0.25) is 0 Å². The molecule has 2 aromatic carbocycles. The van der Waals surface area contributed by atoms with E-state index < -0.39 is 10.8 Å². The van der Waals surface area contributed by atoms with Crippen LogP contribution in [0.25, 0.3) is 0 Å². The van der Waals surface area contributed by atoms with Gasteiger partial charge >= 0.3 is 0 Å². The van der Waals surface area contributed by atoms with Gasteiger partial charge in [-0.05, 0) is 31.0 Å². The molecule has 0 radical (unpaired) electrons. The molecule has 0 saturated heterocycles. The highest BCUT2D eigenvalue weighted by Gasteiger charge is 2.27. The van der Waals surface area contributed by atoms with Crippen molar-refractivity contribution >= 4 is 11.6 Å². The molecular weight excluding hydrogens is 324 g/mol. The monoisotopic (exact) mass is 342 g/mol. The van der Waals surface area contributed by atoms with E-state index in [2.05, 4.69) is 5.32 Å². The minimum Gasteiger partial charge on any atom is -0.493 e. The SMILES string of the molecule is COc1cccc2c1OCC(NC(=O)c1cc(C)ccc1[N+](=O)[O-])C2. The largest absolute Gasteiger partial charge is 0.493 e. The number of carbonyl (C=O) groups is 1. The van der Waals surface area contributed by atoms with Gasteiger partial charge in [0.1, 0.15) is 12.2 Å². The number of fused-ring (bicyclic) bond motifs is 1. The smallest absolute Gasteiger partial charge is 0.282 e. The number of ether oxygens (including phenoxy) is 2. The molecule has 7 nitrogen and oxygen atoms in total. The molecular formula is C18H18N2O5. The van der Waals surface area contributed by atoms with Crippen LogP contribution in [0, 0.1) is 17.0 Å². The molecule has 0 aromatic heterocycles. The molecule has 2 aromatic rings. The lowest BCUT2D eigenvalue weighted by molar-refractivity contribution is -0.385. The maximum Gasteiger partial charge on any atom is 0.282 e. The first-order valence-electron chi connectivity index (χ1n) is 7.84. The zero-order valence-electron chi connectivity index (χ0n) is 13.9. The molecule has 3 rings (SSSR count). The Labute approximate surface area is 144 Å². The van der Waals surface area contributed by atoms with E-state index in [1.807, 2.05) is 18.2 Å². The average molecular weight is 342 g/mol. The number of aryl methyl sites for hydroxylation is 1. The van der Waals surface area contributed by atoms with Crippen molar-refractivity contribution in [2.24, 2.45) is 0 Å². The van der Waals surface area contributed by atoms with Crippen molar-refractivity contribution in [3.05, 3.63) is 63.2 Å². The van der Waals surface area contributed by atoms with Crippen LogP contribution in [-0.2, 0) is 6.42 Å². The normalized spacial score (nSPS) is 15.7. The van der Waals surface area contributed by atoms with E-state index >= 15 is 0 Å². The highest BCUT2D eigenvalue weighted by molar-refractivity contribution is 5.98. The number of nitrogens with zero attached hydrogens (tertiary/aromatic N) is 1. The molecule has 130 valence electrons. The van der Waals surface area contributed by atoms with Gasteiger partial charge in [-0.25, -0.2) is 0 Å². The van der Waals surface area contributed by atoms with Gasteiger partial charge in [0.25, 0.3) is 11.6 Å². The van der Waals surface area contributed by atoms with Crippen molar-refractivity contribution in [2.75, 3.05) is 13.7 Å². The lowest BCUT2D eigenvalue weighted by Gasteiger charge is -2.27. The second-order valence-electron chi connectivity index (χ2n) is 5.91. The Bertz CT molecular complexity index is 834. The zero-order valence-corrected chi connectivity index (χ0v) is 13.9. The van der Waals surface area contributed by atoms with Crippen molar-refractivity contribution in [1.82, 2.24) is 5.32 Å². The lowest BCUT2D eigenvalue weighted by Crippen LogP contribution is -2.43. The average Bonchev–Trinajstić information content (AvgIpc) is 2.60. The van der Waals surface area contributed by atoms with Gasteiger partial charge in [-0.3, -0.25) is 14.9 Å². The number of benzene rings is 2. The summed E-state index contributed by atoms with van der Waals surface area (Å²) in [5.41, 5.74) is 1.56. The number of nitro benzene ring substituents is 1. The van der Waals surface area contributed by atoms with Gasteiger partial charge in [0, 0.05) is 11.6 Å². The van der Waals surface area contributed by atoms with Crippen LogP contribution in [0.15, 0.2) is 36.4 Å². The molecule has 7 heteroatoms. The summed E-state index contributed by atoms with van der Waals surface area (Å²) < 4.78 is 11.0. The quantitative estimate of drug-likeness (QED) is 0.681. The minimum absolute atomic E-state index is 0.0569. The van der Waals surface area contributed by atoms with Crippen LogP contribution in [-0.4, -0.2) is 30.6 Å². The van der Waals surface area contributed by atoms with E-state index in [0.29, 0.717) is 17.9 Å². The Morgan fingerprint density at radius 2 is 2.16 bits per heavy atom. The standard InChI is InChI=1S/C18H18N2O5/c1-11-6-7-15(20(22)23)14(8-11)18(21)19-13-9-12-4-3-5-16(24-2)17(12)25-10-13/h3-8,13H,9-10H2,1-2H3,(H,19,21). The summed E-state index contributed by atoms with van der Waals surface area (Å²) in [5, 5.41) is 14.0.